The van der Waals surface area contributed by atoms with Gasteiger partial charge >= 0.3 is 0 Å². The maximum atomic E-state index is 14.0. The summed E-state index contributed by atoms with van der Waals surface area (Å²) >= 11 is 1.60. The average Bonchev–Trinajstić information content (AvgIpc) is 3.32. The van der Waals surface area contributed by atoms with Crippen molar-refractivity contribution in [1.82, 2.24) is 4.98 Å². The number of oxazole rings is 1. The molecule has 4 nitrogen and oxygen atoms in total. The highest BCUT2D eigenvalue weighted by Gasteiger charge is 2.15. The number of carbonyl (C=O) groups excluding carboxylic acids is 1. The standard InChI is InChI=1S/C22H17FN2O2S/c1-13-4-3-5-17(23)19(13)21(26)25-16-8-6-15(7-9-16)20-14(2)12-18(28-20)22-24-10-11-27-22/h3-12H,1-2H3,(H,25,26). The number of thiophene rings is 1. The number of benzene rings is 2. The highest BCUT2D eigenvalue weighted by atomic mass is 32.1. The number of aryl methyl sites for hydroxylation is 2. The molecule has 6 heteroatoms. The van der Waals surface area contributed by atoms with Gasteiger partial charge in [-0.15, -0.1) is 11.3 Å². The smallest absolute Gasteiger partial charge is 0.258 e. The Morgan fingerprint density at radius 3 is 2.57 bits per heavy atom. The Balaban J connectivity index is 1.56. The van der Waals surface area contributed by atoms with Crippen LogP contribution in [0.4, 0.5) is 10.1 Å². The van der Waals surface area contributed by atoms with E-state index in [4.69, 9.17) is 4.42 Å². The number of rotatable bonds is 4. The molecule has 0 spiro atoms. The van der Waals surface area contributed by atoms with E-state index in [1.165, 1.54) is 6.07 Å². The molecule has 0 aliphatic carbocycles. The van der Waals surface area contributed by atoms with Gasteiger partial charge in [0.05, 0.1) is 16.6 Å². The van der Waals surface area contributed by atoms with E-state index < -0.39 is 11.7 Å². The van der Waals surface area contributed by atoms with Gasteiger partial charge in [0.1, 0.15) is 12.1 Å². The van der Waals surface area contributed by atoms with Crippen LogP contribution in [-0.2, 0) is 0 Å². The maximum Gasteiger partial charge on any atom is 0.258 e. The molecular weight excluding hydrogens is 375 g/mol. The molecule has 0 bridgehead atoms. The number of halogens is 1. The summed E-state index contributed by atoms with van der Waals surface area (Å²) in [5.74, 6) is -0.382. The van der Waals surface area contributed by atoms with Crippen molar-refractivity contribution >= 4 is 22.9 Å². The van der Waals surface area contributed by atoms with E-state index in [0.717, 1.165) is 20.9 Å². The Morgan fingerprint density at radius 1 is 1.11 bits per heavy atom. The molecule has 0 atom stereocenters. The molecule has 4 rings (SSSR count). The molecule has 0 saturated heterocycles. The molecule has 0 aliphatic heterocycles. The molecule has 1 amide bonds. The van der Waals surface area contributed by atoms with E-state index in [2.05, 4.69) is 10.3 Å². The summed E-state index contributed by atoms with van der Waals surface area (Å²) in [5, 5.41) is 2.76. The minimum absolute atomic E-state index is 0.0660. The molecule has 140 valence electrons. The monoisotopic (exact) mass is 392 g/mol. The van der Waals surface area contributed by atoms with Gasteiger partial charge in [0, 0.05) is 10.6 Å². The molecule has 2 aromatic carbocycles. The van der Waals surface area contributed by atoms with Crippen LogP contribution in [0.2, 0.25) is 0 Å². The van der Waals surface area contributed by atoms with E-state index in [0.29, 0.717) is 17.1 Å². The minimum atomic E-state index is -0.526. The summed E-state index contributed by atoms with van der Waals surface area (Å²) in [6, 6.07) is 14.1. The van der Waals surface area contributed by atoms with Crippen molar-refractivity contribution < 1.29 is 13.6 Å². The normalized spacial score (nSPS) is 10.8. The second-order valence-electron chi connectivity index (χ2n) is 6.42. The van der Waals surface area contributed by atoms with Gasteiger partial charge in [-0.3, -0.25) is 4.79 Å². The van der Waals surface area contributed by atoms with Crippen molar-refractivity contribution in [2.75, 3.05) is 5.32 Å². The third-order valence-corrected chi connectivity index (χ3v) is 5.69. The molecule has 1 N–H and O–H groups in total. The molecule has 0 aliphatic rings. The van der Waals surface area contributed by atoms with Crippen LogP contribution in [0.15, 0.2) is 65.4 Å². The Labute approximate surface area is 165 Å². The number of amides is 1. The summed E-state index contributed by atoms with van der Waals surface area (Å²) in [5.41, 5.74) is 3.43. The third-order valence-electron chi connectivity index (χ3n) is 4.41. The predicted molar refractivity (Wildman–Crippen MR) is 109 cm³/mol. The largest absolute Gasteiger partial charge is 0.444 e. The highest BCUT2D eigenvalue weighted by molar-refractivity contribution is 7.19. The van der Waals surface area contributed by atoms with Crippen LogP contribution < -0.4 is 5.32 Å². The quantitative estimate of drug-likeness (QED) is 0.458. The zero-order chi connectivity index (χ0) is 19.7. The van der Waals surface area contributed by atoms with Gasteiger partial charge in [0.2, 0.25) is 5.89 Å². The predicted octanol–water partition coefficient (Wildman–Crippen LogP) is 6.08. The summed E-state index contributed by atoms with van der Waals surface area (Å²) < 4.78 is 19.3. The first kappa shape index (κ1) is 18.1. The topological polar surface area (TPSA) is 55.1 Å². The number of carbonyl (C=O) groups is 1. The van der Waals surface area contributed by atoms with E-state index in [9.17, 15) is 9.18 Å². The first-order chi connectivity index (χ1) is 13.5. The number of anilines is 1. The Bertz CT molecular complexity index is 1110. The first-order valence-corrected chi connectivity index (χ1v) is 9.52. The summed E-state index contributed by atoms with van der Waals surface area (Å²) in [7, 11) is 0. The molecule has 0 unspecified atom stereocenters. The molecule has 0 fully saturated rings. The Morgan fingerprint density at radius 2 is 1.89 bits per heavy atom. The lowest BCUT2D eigenvalue weighted by Crippen LogP contribution is -2.15. The van der Waals surface area contributed by atoms with Crippen LogP contribution in [0, 0.1) is 19.7 Å². The summed E-state index contributed by atoms with van der Waals surface area (Å²) in [6.07, 6.45) is 3.18. The lowest BCUT2D eigenvalue weighted by Gasteiger charge is -2.09. The van der Waals surface area contributed by atoms with Crippen LogP contribution in [0.1, 0.15) is 21.5 Å². The number of nitrogens with one attached hydrogen (secondary N) is 1. The van der Waals surface area contributed by atoms with Gasteiger partial charge in [-0.25, -0.2) is 9.37 Å². The van der Waals surface area contributed by atoms with E-state index in [1.54, 1.807) is 42.9 Å². The van der Waals surface area contributed by atoms with Crippen LogP contribution in [0.25, 0.3) is 21.2 Å². The fourth-order valence-corrected chi connectivity index (χ4v) is 4.15. The average molecular weight is 392 g/mol. The Kier molecular flexibility index (Phi) is 4.79. The highest BCUT2D eigenvalue weighted by Crippen LogP contribution is 2.37. The lowest BCUT2D eigenvalue weighted by molar-refractivity contribution is 0.102. The van der Waals surface area contributed by atoms with E-state index >= 15 is 0 Å². The maximum absolute atomic E-state index is 14.0. The van der Waals surface area contributed by atoms with Crippen LogP contribution in [0.5, 0.6) is 0 Å². The van der Waals surface area contributed by atoms with Gasteiger partial charge in [0.15, 0.2) is 0 Å². The van der Waals surface area contributed by atoms with Gasteiger partial charge in [0.25, 0.3) is 5.91 Å². The first-order valence-electron chi connectivity index (χ1n) is 8.70. The zero-order valence-electron chi connectivity index (χ0n) is 15.3. The fourth-order valence-electron chi connectivity index (χ4n) is 3.04. The molecule has 28 heavy (non-hydrogen) atoms. The second-order valence-corrected chi connectivity index (χ2v) is 7.48. The molecule has 2 heterocycles. The van der Waals surface area contributed by atoms with Crippen LogP contribution >= 0.6 is 11.3 Å². The van der Waals surface area contributed by atoms with Crippen molar-refractivity contribution in [2.45, 2.75) is 13.8 Å². The van der Waals surface area contributed by atoms with Gasteiger partial charge in [-0.2, -0.15) is 0 Å². The second kappa shape index (κ2) is 7.40. The van der Waals surface area contributed by atoms with Gasteiger partial charge in [-0.05, 0) is 54.8 Å². The number of nitrogens with zero attached hydrogens (tertiary/aromatic N) is 1. The minimum Gasteiger partial charge on any atom is -0.444 e. The van der Waals surface area contributed by atoms with Crippen LogP contribution in [0.3, 0.4) is 0 Å². The molecule has 4 aromatic rings. The fraction of sp³-hybridized carbons (Fsp3) is 0.0909. The number of aromatic nitrogens is 1. The Hall–Kier alpha value is -3.25. The molecule has 0 saturated carbocycles. The van der Waals surface area contributed by atoms with Crippen molar-refractivity contribution in [3.8, 4) is 21.2 Å². The van der Waals surface area contributed by atoms with Crippen molar-refractivity contribution in [3.63, 3.8) is 0 Å². The molecular formula is C22H17FN2O2S. The number of hydrogen-bond donors (Lipinski definition) is 1. The van der Waals surface area contributed by atoms with Gasteiger partial charge < -0.3 is 9.73 Å². The molecule has 2 aromatic heterocycles. The van der Waals surface area contributed by atoms with Gasteiger partial charge in [-0.1, -0.05) is 24.3 Å². The summed E-state index contributed by atoms with van der Waals surface area (Å²) in [4.78, 5) is 18.7. The zero-order valence-corrected chi connectivity index (χ0v) is 16.1. The van der Waals surface area contributed by atoms with Crippen molar-refractivity contribution in [3.05, 3.63) is 83.5 Å². The summed E-state index contributed by atoms with van der Waals surface area (Å²) in [6.45, 7) is 3.75. The molecule has 0 radical (unpaired) electrons. The van der Waals surface area contributed by atoms with Crippen molar-refractivity contribution in [2.24, 2.45) is 0 Å². The van der Waals surface area contributed by atoms with Crippen molar-refractivity contribution in [1.29, 1.82) is 0 Å². The number of hydrogen-bond acceptors (Lipinski definition) is 4. The SMILES string of the molecule is Cc1cc(-c2ncco2)sc1-c1ccc(NC(=O)c2c(C)cccc2F)cc1. The lowest BCUT2D eigenvalue weighted by atomic mass is 10.1. The van der Waals surface area contributed by atoms with Crippen LogP contribution in [-0.4, -0.2) is 10.9 Å². The third kappa shape index (κ3) is 3.46. The van der Waals surface area contributed by atoms with E-state index in [1.807, 2.05) is 37.3 Å². The van der Waals surface area contributed by atoms with E-state index in [-0.39, 0.29) is 5.56 Å².